The van der Waals surface area contributed by atoms with Crippen LogP contribution in [0.15, 0.2) is 41.5 Å². The molecule has 0 aromatic heterocycles. The molecule has 0 radical (unpaired) electrons. The van der Waals surface area contributed by atoms with Crippen LogP contribution < -0.4 is 14.9 Å². The van der Waals surface area contributed by atoms with Crippen molar-refractivity contribution < 1.29 is 19.2 Å². The zero-order valence-electron chi connectivity index (χ0n) is 15.6. The van der Waals surface area contributed by atoms with Crippen LogP contribution in [0, 0.1) is 10.1 Å². The molecule has 0 saturated carbocycles. The minimum absolute atomic E-state index is 0.0720. The number of halogens is 1. The van der Waals surface area contributed by atoms with E-state index in [9.17, 15) is 14.9 Å². The van der Waals surface area contributed by atoms with Gasteiger partial charge in [-0.1, -0.05) is 11.6 Å². The highest BCUT2D eigenvalue weighted by atomic mass is 35.5. The summed E-state index contributed by atoms with van der Waals surface area (Å²) >= 11 is 6.28. The topological polar surface area (TPSA) is 103 Å². The highest BCUT2D eigenvalue weighted by molar-refractivity contribution is 6.32. The minimum atomic E-state index is -0.536. The summed E-state index contributed by atoms with van der Waals surface area (Å²) in [5.41, 5.74) is 3.12. The van der Waals surface area contributed by atoms with Crippen LogP contribution in [0.5, 0.6) is 11.5 Å². The third-order valence-corrected chi connectivity index (χ3v) is 3.69. The van der Waals surface area contributed by atoms with E-state index < -0.39 is 10.8 Å². The van der Waals surface area contributed by atoms with Gasteiger partial charge in [-0.15, -0.1) is 0 Å². The fourth-order valence-electron chi connectivity index (χ4n) is 2.24. The van der Waals surface area contributed by atoms with Gasteiger partial charge in [-0.05, 0) is 50.6 Å². The Kier molecular flexibility index (Phi) is 7.34. The van der Waals surface area contributed by atoms with Crippen LogP contribution in [0.3, 0.4) is 0 Å². The average Bonchev–Trinajstić information content (AvgIpc) is 2.64. The second-order valence-corrected chi connectivity index (χ2v) is 6.34. The van der Waals surface area contributed by atoms with Crippen molar-refractivity contribution in [1.82, 2.24) is 5.43 Å². The fourth-order valence-corrected chi connectivity index (χ4v) is 2.50. The monoisotopic (exact) mass is 405 g/mol. The van der Waals surface area contributed by atoms with Gasteiger partial charge in [-0.3, -0.25) is 14.9 Å². The van der Waals surface area contributed by atoms with Crippen molar-refractivity contribution in [2.75, 3.05) is 6.61 Å². The molecular weight excluding hydrogens is 386 g/mol. The number of hydrogen-bond donors (Lipinski definition) is 1. The molecule has 0 aliphatic carbocycles. The predicted molar refractivity (Wildman–Crippen MR) is 107 cm³/mol. The molecule has 28 heavy (non-hydrogen) atoms. The Bertz CT molecular complexity index is 882. The number of hydrogen-bond acceptors (Lipinski definition) is 6. The summed E-state index contributed by atoms with van der Waals surface area (Å²) in [7, 11) is 0. The molecule has 2 aromatic carbocycles. The number of nitrogens with one attached hydrogen (secondary N) is 1. The first-order chi connectivity index (χ1) is 13.3. The maximum absolute atomic E-state index is 12.1. The summed E-state index contributed by atoms with van der Waals surface area (Å²) in [5.74, 6) is 0.430. The maximum Gasteiger partial charge on any atom is 0.271 e. The first-order valence-electron chi connectivity index (χ1n) is 8.52. The lowest BCUT2D eigenvalue weighted by molar-refractivity contribution is -0.384. The Morgan fingerprint density at radius 1 is 1.32 bits per heavy atom. The van der Waals surface area contributed by atoms with Crippen molar-refractivity contribution in [3.8, 4) is 11.5 Å². The molecular formula is C19H20ClN3O5. The molecule has 0 unspecified atom stereocenters. The Labute approximate surface area is 167 Å². The lowest BCUT2D eigenvalue weighted by Crippen LogP contribution is -2.17. The van der Waals surface area contributed by atoms with Crippen LogP contribution in [0.25, 0.3) is 0 Å². The molecule has 2 rings (SSSR count). The van der Waals surface area contributed by atoms with E-state index in [2.05, 4.69) is 10.5 Å². The Hall–Kier alpha value is -3.13. The van der Waals surface area contributed by atoms with Gasteiger partial charge in [0, 0.05) is 17.7 Å². The number of carbonyl (C=O) groups excluding carboxylic acids is 1. The number of ether oxygens (including phenoxy) is 2. The van der Waals surface area contributed by atoms with Crippen molar-refractivity contribution in [3.63, 3.8) is 0 Å². The second kappa shape index (κ2) is 9.70. The molecule has 0 heterocycles. The SMILES string of the molecule is CCOc1cc(/C=N/NC(=O)c2ccc([N+](=O)[O-])cc2)cc(Cl)c1OC(C)C. The van der Waals surface area contributed by atoms with E-state index in [-0.39, 0.29) is 17.4 Å². The number of non-ortho nitro benzene ring substituents is 1. The minimum Gasteiger partial charge on any atom is -0.490 e. The molecule has 0 saturated heterocycles. The third-order valence-electron chi connectivity index (χ3n) is 3.41. The smallest absolute Gasteiger partial charge is 0.271 e. The number of benzene rings is 2. The average molecular weight is 406 g/mol. The van der Waals surface area contributed by atoms with Gasteiger partial charge in [-0.2, -0.15) is 5.10 Å². The maximum atomic E-state index is 12.1. The highest BCUT2D eigenvalue weighted by Gasteiger charge is 2.14. The van der Waals surface area contributed by atoms with E-state index in [1.807, 2.05) is 20.8 Å². The molecule has 0 spiro atoms. The molecule has 148 valence electrons. The quantitative estimate of drug-likeness (QED) is 0.402. The second-order valence-electron chi connectivity index (χ2n) is 5.93. The zero-order chi connectivity index (χ0) is 20.7. The van der Waals surface area contributed by atoms with Gasteiger partial charge in [0.2, 0.25) is 0 Å². The van der Waals surface area contributed by atoms with E-state index in [4.69, 9.17) is 21.1 Å². The van der Waals surface area contributed by atoms with Crippen LogP contribution in [0.4, 0.5) is 5.69 Å². The third kappa shape index (κ3) is 5.68. The van der Waals surface area contributed by atoms with E-state index in [1.165, 1.54) is 30.5 Å². The number of nitro groups is 1. The molecule has 8 nitrogen and oxygen atoms in total. The molecule has 0 bridgehead atoms. The number of rotatable bonds is 8. The highest BCUT2D eigenvalue weighted by Crippen LogP contribution is 2.37. The van der Waals surface area contributed by atoms with Crippen LogP contribution in [-0.4, -0.2) is 29.8 Å². The van der Waals surface area contributed by atoms with Crippen molar-refractivity contribution in [3.05, 3.63) is 62.7 Å². The van der Waals surface area contributed by atoms with E-state index >= 15 is 0 Å². The largest absolute Gasteiger partial charge is 0.490 e. The number of nitro benzene ring substituents is 1. The Morgan fingerprint density at radius 3 is 2.57 bits per heavy atom. The van der Waals surface area contributed by atoms with Gasteiger partial charge in [0.1, 0.15) is 0 Å². The van der Waals surface area contributed by atoms with E-state index in [1.54, 1.807) is 12.1 Å². The van der Waals surface area contributed by atoms with Crippen LogP contribution in [-0.2, 0) is 0 Å². The van der Waals surface area contributed by atoms with E-state index in [0.29, 0.717) is 28.7 Å². The van der Waals surface area contributed by atoms with Crippen molar-refractivity contribution in [2.24, 2.45) is 5.10 Å². The van der Waals surface area contributed by atoms with Gasteiger partial charge in [-0.25, -0.2) is 5.43 Å². The first kappa shape index (κ1) is 21.2. The summed E-state index contributed by atoms with van der Waals surface area (Å²) in [6.07, 6.45) is 1.34. The van der Waals surface area contributed by atoms with Crippen molar-refractivity contribution in [2.45, 2.75) is 26.9 Å². The van der Waals surface area contributed by atoms with Gasteiger partial charge in [0.25, 0.3) is 11.6 Å². The van der Waals surface area contributed by atoms with Crippen LogP contribution in [0.1, 0.15) is 36.7 Å². The number of amides is 1. The van der Waals surface area contributed by atoms with Gasteiger partial charge >= 0.3 is 0 Å². The van der Waals surface area contributed by atoms with Gasteiger partial charge in [0.05, 0.1) is 28.9 Å². The normalized spacial score (nSPS) is 10.9. The summed E-state index contributed by atoms with van der Waals surface area (Å²) < 4.78 is 11.3. The standard InChI is InChI=1S/C19H20ClN3O5/c1-4-27-17-10-13(9-16(20)18(17)28-12(2)3)11-21-22-19(24)14-5-7-15(8-6-14)23(25)26/h5-12H,4H2,1-3H3,(H,22,24)/b21-11+. The first-order valence-corrected chi connectivity index (χ1v) is 8.90. The number of carbonyl (C=O) groups is 1. The van der Waals surface area contributed by atoms with Crippen molar-refractivity contribution >= 4 is 29.4 Å². The Balaban J connectivity index is 2.12. The molecule has 2 aromatic rings. The molecule has 0 aliphatic heterocycles. The van der Waals surface area contributed by atoms with Gasteiger partial charge < -0.3 is 9.47 Å². The molecule has 0 aliphatic rings. The van der Waals surface area contributed by atoms with E-state index in [0.717, 1.165) is 0 Å². The van der Waals surface area contributed by atoms with Crippen LogP contribution in [0.2, 0.25) is 5.02 Å². The summed E-state index contributed by atoms with van der Waals surface area (Å²) in [6.45, 7) is 6.05. The summed E-state index contributed by atoms with van der Waals surface area (Å²) in [6, 6.07) is 8.55. The molecule has 1 N–H and O–H groups in total. The van der Waals surface area contributed by atoms with Crippen LogP contribution >= 0.6 is 11.6 Å². The molecule has 9 heteroatoms. The Morgan fingerprint density at radius 2 is 2.00 bits per heavy atom. The number of nitrogens with zero attached hydrogens (tertiary/aromatic N) is 2. The lowest BCUT2D eigenvalue weighted by Gasteiger charge is -2.16. The zero-order valence-corrected chi connectivity index (χ0v) is 16.4. The summed E-state index contributed by atoms with van der Waals surface area (Å²) in [5, 5.41) is 14.9. The number of hydrazone groups is 1. The molecule has 0 fully saturated rings. The molecule has 1 amide bonds. The lowest BCUT2D eigenvalue weighted by atomic mass is 10.2. The molecule has 0 atom stereocenters. The van der Waals surface area contributed by atoms with Gasteiger partial charge in [0.15, 0.2) is 11.5 Å². The predicted octanol–water partition coefficient (Wildman–Crippen LogP) is 4.20. The van der Waals surface area contributed by atoms with Crippen molar-refractivity contribution in [1.29, 1.82) is 0 Å². The summed E-state index contributed by atoms with van der Waals surface area (Å²) in [4.78, 5) is 22.2. The fraction of sp³-hybridized carbons (Fsp3) is 0.263.